The van der Waals surface area contributed by atoms with E-state index in [2.05, 4.69) is 16.4 Å². The number of aromatic nitrogens is 1. The minimum absolute atomic E-state index is 0.126. The molecule has 0 fully saturated rings. The number of benzene rings is 1. The molecule has 1 aromatic heterocycles. The number of nitrogens with zero attached hydrogens (tertiary/aromatic N) is 2. The van der Waals surface area contributed by atoms with Crippen molar-refractivity contribution in [2.75, 3.05) is 12.4 Å². The Morgan fingerprint density at radius 2 is 2.13 bits per heavy atom. The number of hydrogen-bond acceptors (Lipinski definition) is 6. The zero-order valence-corrected chi connectivity index (χ0v) is 18.9. The first kappa shape index (κ1) is 22.0. The van der Waals surface area contributed by atoms with Crippen molar-refractivity contribution in [1.29, 1.82) is 5.26 Å². The molecule has 158 valence electrons. The number of fused-ring (bicyclic) bond motifs is 1. The molecule has 1 aromatic carbocycles. The second-order valence-electron chi connectivity index (χ2n) is 7.44. The smallest absolute Gasteiger partial charge is 0.230 e. The van der Waals surface area contributed by atoms with E-state index >= 15 is 0 Å². The summed E-state index contributed by atoms with van der Waals surface area (Å²) in [5.41, 5.74) is 5.37. The molecular formula is C23H27N3O3S. The Balaban J connectivity index is 1.66. The highest BCUT2D eigenvalue weighted by Crippen LogP contribution is 2.35. The average Bonchev–Trinajstić information content (AvgIpc) is 3.07. The van der Waals surface area contributed by atoms with Crippen molar-refractivity contribution in [2.24, 2.45) is 0 Å². The molecule has 1 N–H and O–H groups in total. The van der Waals surface area contributed by atoms with Gasteiger partial charge in [-0.2, -0.15) is 5.26 Å². The van der Waals surface area contributed by atoms with Crippen molar-refractivity contribution >= 4 is 17.7 Å². The molecule has 6 nitrogen and oxygen atoms in total. The Morgan fingerprint density at radius 1 is 1.37 bits per heavy atom. The van der Waals surface area contributed by atoms with Gasteiger partial charge in [0.2, 0.25) is 5.91 Å². The molecule has 0 bridgehead atoms. The first-order chi connectivity index (χ1) is 14.3. The third kappa shape index (κ3) is 4.71. The largest absolute Gasteiger partial charge is 0.494 e. The van der Waals surface area contributed by atoms with Gasteiger partial charge in [0, 0.05) is 29.8 Å². The molecule has 1 atom stereocenters. The molecule has 7 heteroatoms. The number of nitrogens with one attached hydrogen (secondary N) is 1. The summed E-state index contributed by atoms with van der Waals surface area (Å²) in [7, 11) is 0. The van der Waals surface area contributed by atoms with E-state index in [4.69, 9.17) is 9.47 Å². The van der Waals surface area contributed by atoms with Gasteiger partial charge in [-0.05, 0) is 57.9 Å². The van der Waals surface area contributed by atoms with Crippen LogP contribution in [0.15, 0.2) is 17.2 Å². The summed E-state index contributed by atoms with van der Waals surface area (Å²) >= 11 is 1.29. The van der Waals surface area contributed by atoms with E-state index in [1.54, 1.807) is 0 Å². The maximum Gasteiger partial charge on any atom is 0.230 e. The summed E-state index contributed by atoms with van der Waals surface area (Å²) in [6.07, 6.45) is 1.02. The second-order valence-corrected chi connectivity index (χ2v) is 8.40. The number of nitriles is 1. The van der Waals surface area contributed by atoms with Crippen LogP contribution < -0.4 is 14.8 Å². The maximum absolute atomic E-state index is 12.5. The number of carbonyl (C=O) groups is 1. The predicted octanol–water partition coefficient (Wildman–Crippen LogP) is 4.01. The quantitative estimate of drug-likeness (QED) is 0.675. The maximum atomic E-state index is 12.5. The van der Waals surface area contributed by atoms with Gasteiger partial charge in [0.1, 0.15) is 28.7 Å². The number of thioether (sulfide) groups is 1. The highest BCUT2D eigenvalue weighted by Gasteiger charge is 2.22. The predicted molar refractivity (Wildman–Crippen MR) is 117 cm³/mol. The van der Waals surface area contributed by atoms with E-state index in [0.29, 0.717) is 23.7 Å². The van der Waals surface area contributed by atoms with Crippen LogP contribution in [0.5, 0.6) is 11.5 Å². The monoisotopic (exact) mass is 425 g/mol. The summed E-state index contributed by atoms with van der Waals surface area (Å²) in [5, 5.41) is 13.0. The SMILES string of the molecule is CCOc1cc2c(cc1CNC(=O)CSc1nc(C)c(C)c(C)c1C#N)OC(C)C2. The minimum Gasteiger partial charge on any atom is -0.494 e. The Bertz CT molecular complexity index is 1010. The molecule has 0 radical (unpaired) electrons. The van der Waals surface area contributed by atoms with Gasteiger partial charge in [-0.1, -0.05) is 11.8 Å². The highest BCUT2D eigenvalue weighted by atomic mass is 32.2. The molecule has 0 aliphatic carbocycles. The van der Waals surface area contributed by atoms with E-state index < -0.39 is 0 Å². The van der Waals surface area contributed by atoms with Crippen molar-refractivity contribution in [2.45, 2.75) is 58.7 Å². The van der Waals surface area contributed by atoms with Crippen molar-refractivity contribution in [1.82, 2.24) is 10.3 Å². The van der Waals surface area contributed by atoms with Crippen molar-refractivity contribution in [3.05, 3.63) is 45.6 Å². The standard InChI is InChI=1S/C23H27N3O3S/c1-6-28-20-8-17-7-13(2)29-21(17)9-18(20)11-25-22(27)12-30-23-19(10-24)15(4)14(3)16(5)26-23/h8-9,13H,6-7,11-12H2,1-5H3,(H,25,27). The molecule has 1 aliphatic heterocycles. The fraction of sp³-hybridized carbons (Fsp3) is 0.435. The van der Waals surface area contributed by atoms with Crippen LogP contribution in [0.1, 0.15) is 47.4 Å². The Kier molecular flexibility index (Phi) is 6.88. The number of aryl methyl sites for hydroxylation is 1. The molecule has 3 rings (SSSR count). The van der Waals surface area contributed by atoms with Gasteiger partial charge in [0.15, 0.2) is 0 Å². The normalized spacial score (nSPS) is 14.6. The Hall–Kier alpha value is -2.72. The summed E-state index contributed by atoms with van der Waals surface area (Å²) in [5.74, 6) is 1.70. The van der Waals surface area contributed by atoms with Crippen LogP contribution >= 0.6 is 11.8 Å². The van der Waals surface area contributed by atoms with Crippen LogP contribution in [-0.2, 0) is 17.8 Å². The number of amides is 1. The Labute approximate surface area is 182 Å². The molecule has 0 spiro atoms. The van der Waals surface area contributed by atoms with Crippen molar-refractivity contribution < 1.29 is 14.3 Å². The molecule has 2 aromatic rings. The van der Waals surface area contributed by atoms with Crippen LogP contribution in [0.3, 0.4) is 0 Å². The Morgan fingerprint density at radius 3 is 2.83 bits per heavy atom. The van der Waals surface area contributed by atoms with E-state index in [1.165, 1.54) is 11.8 Å². The summed E-state index contributed by atoms with van der Waals surface area (Å²) in [6, 6.07) is 6.19. The fourth-order valence-electron chi connectivity index (χ4n) is 3.44. The number of hydrogen-bond donors (Lipinski definition) is 1. The van der Waals surface area contributed by atoms with Crippen LogP contribution in [0.2, 0.25) is 0 Å². The van der Waals surface area contributed by atoms with Crippen molar-refractivity contribution in [3.8, 4) is 17.6 Å². The summed E-state index contributed by atoms with van der Waals surface area (Å²) in [6.45, 7) is 10.7. The van der Waals surface area contributed by atoms with E-state index in [9.17, 15) is 10.1 Å². The van der Waals surface area contributed by atoms with E-state index in [-0.39, 0.29) is 17.8 Å². The number of carbonyl (C=O) groups excluding carboxylic acids is 1. The van der Waals surface area contributed by atoms with Gasteiger partial charge >= 0.3 is 0 Å². The number of rotatable bonds is 7. The van der Waals surface area contributed by atoms with Crippen LogP contribution in [-0.4, -0.2) is 29.4 Å². The van der Waals surface area contributed by atoms with Gasteiger partial charge in [0.25, 0.3) is 0 Å². The molecule has 1 amide bonds. The number of pyridine rings is 1. The highest BCUT2D eigenvalue weighted by molar-refractivity contribution is 8.00. The molecule has 1 unspecified atom stereocenters. The lowest BCUT2D eigenvalue weighted by atomic mass is 10.1. The molecule has 0 saturated heterocycles. The average molecular weight is 426 g/mol. The summed E-state index contributed by atoms with van der Waals surface area (Å²) in [4.78, 5) is 17.0. The molecule has 2 heterocycles. The zero-order chi connectivity index (χ0) is 21.8. The lowest BCUT2D eigenvalue weighted by Gasteiger charge is -2.14. The van der Waals surface area contributed by atoms with Crippen molar-refractivity contribution in [3.63, 3.8) is 0 Å². The number of ether oxygens (including phenoxy) is 2. The molecule has 0 saturated carbocycles. The molecule has 30 heavy (non-hydrogen) atoms. The lowest BCUT2D eigenvalue weighted by molar-refractivity contribution is -0.118. The molecular weight excluding hydrogens is 398 g/mol. The van der Waals surface area contributed by atoms with E-state index in [1.807, 2.05) is 46.8 Å². The van der Waals surface area contributed by atoms with Crippen LogP contribution in [0.4, 0.5) is 0 Å². The van der Waals surface area contributed by atoms with E-state index in [0.717, 1.165) is 45.9 Å². The minimum atomic E-state index is -0.126. The van der Waals surface area contributed by atoms with Crippen LogP contribution in [0.25, 0.3) is 0 Å². The van der Waals surface area contributed by atoms with Crippen LogP contribution in [0, 0.1) is 32.1 Å². The van der Waals surface area contributed by atoms with Gasteiger partial charge in [-0.25, -0.2) is 4.98 Å². The third-order valence-electron chi connectivity index (χ3n) is 5.27. The third-order valence-corrected chi connectivity index (χ3v) is 6.25. The first-order valence-corrected chi connectivity index (χ1v) is 11.0. The second kappa shape index (κ2) is 9.40. The van der Waals surface area contributed by atoms with Gasteiger partial charge in [-0.15, -0.1) is 0 Å². The summed E-state index contributed by atoms with van der Waals surface area (Å²) < 4.78 is 11.6. The zero-order valence-electron chi connectivity index (χ0n) is 18.1. The topological polar surface area (TPSA) is 84.2 Å². The van der Waals surface area contributed by atoms with Gasteiger partial charge in [-0.3, -0.25) is 4.79 Å². The fourth-order valence-corrected chi connectivity index (χ4v) is 4.35. The molecule has 1 aliphatic rings. The lowest BCUT2D eigenvalue weighted by Crippen LogP contribution is -2.25. The van der Waals surface area contributed by atoms with Gasteiger partial charge < -0.3 is 14.8 Å². The first-order valence-electron chi connectivity index (χ1n) is 10.1. The van der Waals surface area contributed by atoms with Gasteiger partial charge in [0.05, 0.1) is 17.9 Å².